The summed E-state index contributed by atoms with van der Waals surface area (Å²) in [5, 5.41) is 3.42. The Morgan fingerprint density at radius 1 is 1.47 bits per heavy atom. The molecule has 2 rings (SSSR count). The van der Waals surface area contributed by atoms with Gasteiger partial charge >= 0.3 is 0 Å². The van der Waals surface area contributed by atoms with Crippen molar-refractivity contribution in [2.24, 2.45) is 0 Å². The minimum Gasteiger partial charge on any atom is -0.315 e. The average molecular weight is 248 g/mol. The first-order chi connectivity index (χ1) is 6.86. The van der Waals surface area contributed by atoms with Crippen LogP contribution in [0.5, 0.6) is 0 Å². The van der Waals surface area contributed by atoms with E-state index in [2.05, 4.69) is 22.1 Å². The fourth-order valence-corrected chi connectivity index (χ4v) is 2.56. The molecule has 2 heterocycles. The molecule has 5 heteroatoms. The topological polar surface area (TPSA) is 28.2 Å². The second-order valence-electron chi connectivity index (χ2n) is 3.74. The van der Waals surface area contributed by atoms with Gasteiger partial charge < -0.3 is 5.32 Å². The first-order valence-electron chi connectivity index (χ1n) is 5.18. The Balaban J connectivity index is 0.00000112. The maximum absolute atomic E-state index is 4.28. The van der Waals surface area contributed by atoms with E-state index in [0.717, 1.165) is 26.2 Å². The van der Waals surface area contributed by atoms with E-state index in [1.165, 1.54) is 23.5 Å². The average Bonchev–Trinajstić information content (AvgIpc) is 2.44. The van der Waals surface area contributed by atoms with Crippen molar-refractivity contribution in [3.63, 3.8) is 0 Å². The minimum atomic E-state index is 0. The van der Waals surface area contributed by atoms with Crippen molar-refractivity contribution in [2.75, 3.05) is 26.2 Å². The summed E-state index contributed by atoms with van der Waals surface area (Å²) in [5.41, 5.74) is 3.15. The zero-order valence-electron chi connectivity index (χ0n) is 9.03. The number of rotatable bonds is 2. The molecule has 86 valence electrons. The lowest BCUT2D eigenvalue weighted by Gasteiger charge is -2.18. The molecule has 0 aromatic carbocycles. The number of nitrogens with one attached hydrogen (secondary N) is 1. The lowest BCUT2D eigenvalue weighted by atomic mass is 10.3. The fourth-order valence-electron chi connectivity index (χ4n) is 1.74. The number of nitrogens with zero attached hydrogens (tertiary/aromatic N) is 2. The third-order valence-electron chi connectivity index (χ3n) is 2.64. The quantitative estimate of drug-likeness (QED) is 0.862. The molecule has 1 aromatic heterocycles. The molecule has 0 amide bonds. The SMILES string of the molecule is Cc1ncsc1CN1CCCNCC1.Cl. The van der Waals surface area contributed by atoms with Crippen molar-refractivity contribution >= 4 is 23.7 Å². The van der Waals surface area contributed by atoms with E-state index in [9.17, 15) is 0 Å². The van der Waals surface area contributed by atoms with Crippen LogP contribution in [0.3, 0.4) is 0 Å². The van der Waals surface area contributed by atoms with Crippen molar-refractivity contribution in [1.82, 2.24) is 15.2 Å². The first kappa shape index (κ1) is 12.9. The van der Waals surface area contributed by atoms with Gasteiger partial charge in [-0.1, -0.05) is 0 Å². The molecule has 0 atom stereocenters. The smallest absolute Gasteiger partial charge is 0.0798 e. The molecule has 1 saturated heterocycles. The van der Waals surface area contributed by atoms with Gasteiger partial charge in [-0.3, -0.25) is 4.90 Å². The number of hydrogen-bond acceptors (Lipinski definition) is 4. The van der Waals surface area contributed by atoms with E-state index < -0.39 is 0 Å². The van der Waals surface area contributed by atoms with Gasteiger partial charge in [0.05, 0.1) is 11.2 Å². The molecule has 0 radical (unpaired) electrons. The summed E-state index contributed by atoms with van der Waals surface area (Å²) in [6.45, 7) is 7.85. The Morgan fingerprint density at radius 3 is 3.07 bits per heavy atom. The van der Waals surface area contributed by atoms with Gasteiger partial charge in [0.25, 0.3) is 0 Å². The van der Waals surface area contributed by atoms with E-state index >= 15 is 0 Å². The lowest BCUT2D eigenvalue weighted by molar-refractivity contribution is 0.286. The summed E-state index contributed by atoms with van der Waals surface area (Å²) >= 11 is 1.78. The van der Waals surface area contributed by atoms with Gasteiger partial charge in [-0.15, -0.1) is 23.7 Å². The summed E-state index contributed by atoms with van der Waals surface area (Å²) in [5.74, 6) is 0. The minimum absolute atomic E-state index is 0. The van der Waals surface area contributed by atoms with Crippen molar-refractivity contribution in [2.45, 2.75) is 19.9 Å². The van der Waals surface area contributed by atoms with Gasteiger partial charge in [-0.25, -0.2) is 4.98 Å². The molecule has 1 N–H and O–H groups in total. The van der Waals surface area contributed by atoms with Gasteiger partial charge in [0.1, 0.15) is 0 Å². The van der Waals surface area contributed by atoms with Crippen molar-refractivity contribution in [3.05, 3.63) is 16.1 Å². The van der Waals surface area contributed by atoms with E-state index in [1.54, 1.807) is 11.3 Å². The molecule has 3 nitrogen and oxygen atoms in total. The van der Waals surface area contributed by atoms with Gasteiger partial charge in [-0.05, 0) is 26.4 Å². The predicted molar refractivity (Wildman–Crippen MR) is 66.9 cm³/mol. The molecule has 0 aliphatic carbocycles. The maximum atomic E-state index is 4.28. The summed E-state index contributed by atoms with van der Waals surface area (Å²) in [4.78, 5) is 8.22. The third-order valence-corrected chi connectivity index (χ3v) is 3.56. The van der Waals surface area contributed by atoms with E-state index in [1.807, 2.05) is 5.51 Å². The van der Waals surface area contributed by atoms with Crippen LogP contribution in [0.25, 0.3) is 0 Å². The fraction of sp³-hybridized carbons (Fsp3) is 0.700. The second kappa shape index (κ2) is 6.43. The Labute approximate surface area is 101 Å². The monoisotopic (exact) mass is 247 g/mol. The number of halogens is 1. The summed E-state index contributed by atoms with van der Waals surface area (Å²) in [6, 6.07) is 0. The molecule has 1 aliphatic rings. The normalized spacial score (nSPS) is 18.2. The first-order valence-corrected chi connectivity index (χ1v) is 6.06. The summed E-state index contributed by atoms with van der Waals surface area (Å²) < 4.78 is 0. The van der Waals surface area contributed by atoms with Gasteiger partial charge in [-0.2, -0.15) is 0 Å². The van der Waals surface area contributed by atoms with Crippen LogP contribution in [0.1, 0.15) is 17.0 Å². The lowest BCUT2D eigenvalue weighted by Crippen LogP contribution is -2.27. The largest absolute Gasteiger partial charge is 0.315 e. The Morgan fingerprint density at radius 2 is 2.33 bits per heavy atom. The number of hydrogen-bond donors (Lipinski definition) is 1. The highest BCUT2D eigenvalue weighted by Crippen LogP contribution is 2.15. The van der Waals surface area contributed by atoms with Gasteiger partial charge in [0, 0.05) is 24.5 Å². The molecule has 0 spiro atoms. The van der Waals surface area contributed by atoms with Gasteiger partial charge in [0.2, 0.25) is 0 Å². The van der Waals surface area contributed by atoms with Crippen LogP contribution in [-0.2, 0) is 6.54 Å². The van der Waals surface area contributed by atoms with Crippen molar-refractivity contribution in [3.8, 4) is 0 Å². The van der Waals surface area contributed by atoms with Gasteiger partial charge in [0.15, 0.2) is 0 Å². The van der Waals surface area contributed by atoms with E-state index in [0.29, 0.717) is 0 Å². The molecule has 1 fully saturated rings. The molecular weight excluding hydrogens is 230 g/mol. The van der Waals surface area contributed by atoms with Crippen LogP contribution >= 0.6 is 23.7 Å². The molecule has 1 aliphatic heterocycles. The molecule has 0 bridgehead atoms. The molecule has 0 saturated carbocycles. The number of aromatic nitrogens is 1. The molecule has 1 aromatic rings. The highest BCUT2D eigenvalue weighted by Gasteiger charge is 2.11. The molecule has 0 unspecified atom stereocenters. The van der Waals surface area contributed by atoms with E-state index in [-0.39, 0.29) is 12.4 Å². The Kier molecular flexibility index (Phi) is 5.53. The Bertz CT molecular complexity index is 282. The Hall–Kier alpha value is -0.160. The highest BCUT2D eigenvalue weighted by atomic mass is 35.5. The van der Waals surface area contributed by atoms with Crippen LogP contribution in [0.15, 0.2) is 5.51 Å². The van der Waals surface area contributed by atoms with Crippen LogP contribution in [0.4, 0.5) is 0 Å². The standard InChI is InChI=1S/C10H17N3S.ClH/c1-9-10(14-8-12-9)7-13-5-2-3-11-4-6-13;/h8,11H,2-7H2,1H3;1H. The van der Waals surface area contributed by atoms with Crippen LogP contribution in [0, 0.1) is 6.92 Å². The van der Waals surface area contributed by atoms with Crippen LogP contribution < -0.4 is 5.32 Å². The summed E-state index contributed by atoms with van der Waals surface area (Å²) in [7, 11) is 0. The van der Waals surface area contributed by atoms with E-state index in [4.69, 9.17) is 0 Å². The highest BCUT2D eigenvalue weighted by molar-refractivity contribution is 7.09. The second-order valence-corrected chi connectivity index (χ2v) is 4.68. The summed E-state index contributed by atoms with van der Waals surface area (Å²) in [6.07, 6.45) is 1.26. The molecular formula is C10H18ClN3S. The zero-order chi connectivity index (χ0) is 9.80. The number of aryl methyl sites for hydroxylation is 1. The van der Waals surface area contributed by atoms with Crippen molar-refractivity contribution in [1.29, 1.82) is 0 Å². The predicted octanol–water partition coefficient (Wildman–Crippen LogP) is 1.67. The molecule has 15 heavy (non-hydrogen) atoms. The third kappa shape index (κ3) is 3.72. The number of thiazole rings is 1. The van der Waals surface area contributed by atoms with Crippen LogP contribution in [-0.4, -0.2) is 36.1 Å². The van der Waals surface area contributed by atoms with Crippen molar-refractivity contribution < 1.29 is 0 Å². The maximum Gasteiger partial charge on any atom is 0.0798 e. The van der Waals surface area contributed by atoms with Crippen LogP contribution in [0.2, 0.25) is 0 Å². The zero-order valence-corrected chi connectivity index (χ0v) is 10.7.